The van der Waals surface area contributed by atoms with Crippen molar-refractivity contribution in [2.24, 2.45) is 0 Å². The number of rotatable bonds is 3. The molecule has 0 unspecified atom stereocenters. The molecule has 26 heavy (non-hydrogen) atoms. The van der Waals surface area contributed by atoms with Gasteiger partial charge in [0.05, 0.1) is 18.1 Å². The third-order valence-electron chi connectivity index (χ3n) is 4.13. The Labute approximate surface area is 152 Å². The summed E-state index contributed by atoms with van der Waals surface area (Å²) in [5.74, 6) is 0.321. The highest BCUT2D eigenvalue weighted by molar-refractivity contribution is 6.22. The number of para-hydroxylation sites is 1. The molecule has 1 aliphatic heterocycles. The maximum atomic E-state index is 12.3. The van der Waals surface area contributed by atoms with Crippen LogP contribution in [-0.4, -0.2) is 27.4 Å². The summed E-state index contributed by atoms with van der Waals surface area (Å²) in [5.41, 5.74) is 0.290. The van der Waals surface area contributed by atoms with Gasteiger partial charge in [0.2, 0.25) is 0 Å². The number of anilines is 1. The largest absolute Gasteiger partial charge is 0.424 e. The van der Waals surface area contributed by atoms with E-state index in [4.69, 9.17) is 4.74 Å². The third-order valence-corrected chi connectivity index (χ3v) is 4.13. The molecule has 0 aliphatic carbocycles. The maximum absolute atomic E-state index is 12.3. The smallest absolute Gasteiger partial charge is 0.329 e. The SMILES string of the molecule is CC1(C)NC(=O)N(c2cnc(Oc3ccccc3C(C)(C)C)nc2)C1=O. The predicted molar refractivity (Wildman–Crippen MR) is 97.3 cm³/mol. The molecular formula is C19H22N4O3. The van der Waals surface area contributed by atoms with Gasteiger partial charge in [0.25, 0.3) is 5.91 Å². The molecule has 0 radical (unpaired) electrons. The molecule has 7 heteroatoms. The van der Waals surface area contributed by atoms with Gasteiger partial charge in [0.1, 0.15) is 11.3 Å². The topological polar surface area (TPSA) is 84.4 Å². The highest BCUT2D eigenvalue weighted by Crippen LogP contribution is 2.33. The lowest BCUT2D eigenvalue weighted by molar-refractivity contribution is -0.121. The van der Waals surface area contributed by atoms with Gasteiger partial charge in [-0.3, -0.25) is 4.79 Å². The van der Waals surface area contributed by atoms with E-state index in [1.165, 1.54) is 12.4 Å². The Kier molecular flexibility index (Phi) is 4.18. The van der Waals surface area contributed by atoms with E-state index in [0.29, 0.717) is 11.4 Å². The van der Waals surface area contributed by atoms with Crippen LogP contribution in [0.5, 0.6) is 11.8 Å². The fourth-order valence-corrected chi connectivity index (χ4v) is 2.73. The van der Waals surface area contributed by atoms with Gasteiger partial charge in [-0.1, -0.05) is 39.0 Å². The van der Waals surface area contributed by atoms with Crippen LogP contribution < -0.4 is 15.0 Å². The van der Waals surface area contributed by atoms with Gasteiger partial charge in [-0.2, -0.15) is 0 Å². The molecule has 0 saturated carbocycles. The number of ether oxygens (including phenoxy) is 1. The minimum absolute atomic E-state index is 0.0951. The standard InChI is InChI=1S/C19H22N4O3/c1-18(2,3)13-8-6-7-9-14(13)26-16-20-10-12(11-21-16)23-15(24)19(4,5)22-17(23)25/h6-11H,1-5H3,(H,22,25). The number of hydrogen-bond donors (Lipinski definition) is 1. The number of carbonyl (C=O) groups is 2. The number of carbonyl (C=O) groups excluding carboxylic acids is 2. The normalized spacial score (nSPS) is 16.6. The summed E-state index contributed by atoms with van der Waals surface area (Å²) in [6, 6.07) is 7.36. The van der Waals surface area contributed by atoms with Gasteiger partial charge in [-0.15, -0.1) is 0 Å². The van der Waals surface area contributed by atoms with Crippen molar-refractivity contribution < 1.29 is 14.3 Å². The maximum Gasteiger partial charge on any atom is 0.329 e. The van der Waals surface area contributed by atoms with Crippen LogP contribution in [0.25, 0.3) is 0 Å². The van der Waals surface area contributed by atoms with E-state index in [1.54, 1.807) is 13.8 Å². The Morgan fingerprint density at radius 1 is 1.08 bits per heavy atom. The monoisotopic (exact) mass is 354 g/mol. The number of imide groups is 1. The van der Waals surface area contributed by atoms with Gasteiger partial charge in [0, 0.05) is 5.56 Å². The Morgan fingerprint density at radius 3 is 2.23 bits per heavy atom. The lowest BCUT2D eigenvalue weighted by Crippen LogP contribution is -2.40. The molecule has 3 amide bonds. The Morgan fingerprint density at radius 2 is 1.69 bits per heavy atom. The molecular weight excluding hydrogens is 332 g/mol. The molecule has 3 rings (SSSR count). The number of hydrogen-bond acceptors (Lipinski definition) is 5. The zero-order valence-electron chi connectivity index (χ0n) is 15.5. The van der Waals surface area contributed by atoms with Crippen LogP contribution in [-0.2, 0) is 10.2 Å². The second-order valence-electron chi connectivity index (χ2n) is 7.77. The van der Waals surface area contributed by atoms with Crippen molar-refractivity contribution in [2.75, 3.05) is 4.90 Å². The summed E-state index contributed by atoms with van der Waals surface area (Å²) < 4.78 is 5.82. The molecule has 0 bridgehead atoms. The van der Waals surface area contributed by atoms with Gasteiger partial charge < -0.3 is 10.1 Å². The summed E-state index contributed by atoms with van der Waals surface area (Å²) in [6.07, 6.45) is 2.81. The quantitative estimate of drug-likeness (QED) is 0.854. The van der Waals surface area contributed by atoms with Crippen molar-refractivity contribution in [2.45, 2.75) is 45.6 Å². The highest BCUT2D eigenvalue weighted by Gasteiger charge is 2.45. The van der Waals surface area contributed by atoms with Crippen molar-refractivity contribution in [3.63, 3.8) is 0 Å². The minimum Gasteiger partial charge on any atom is -0.424 e. The van der Waals surface area contributed by atoms with Crippen LogP contribution in [0.1, 0.15) is 40.2 Å². The fraction of sp³-hybridized carbons (Fsp3) is 0.368. The van der Waals surface area contributed by atoms with E-state index in [1.807, 2.05) is 24.3 Å². The van der Waals surface area contributed by atoms with Crippen molar-refractivity contribution >= 4 is 17.6 Å². The number of urea groups is 1. The van der Waals surface area contributed by atoms with E-state index >= 15 is 0 Å². The van der Waals surface area contributed by atoms with E-state index in [0.717, 1.165) is 10.5 Å². The summed E-state index contributed by atoms with van der Waals surface area (Å²) in [4.78, 5) is 33.7. The molecule has 2 aromatic rings. The summed E-state index contributed by atoms with van der Waals surface area (Å²) >= 11 is 0. The van der Waals surface area contributed by atoms with Gasteiger partial charge in [0.15, 0.2) is 0 Å². The van der Waals surface area contributed by atoms with Gasteiger partial charge in [-0.05, 0) is 25.3 Å². The first kappa shape index (κ1) is 17.8. The Bertz CT molecular complexity index is 854. The van der Waals surface area contributed by atoms with E-state index in [-0.39, 0.29) is 17.3 Å². The molecule has 136 valence electrons. The zero-order chi connectivity index (χ0) is 19.1. The zero-order valence-corrected chi connectivity index (χ0v) is 15.5. The van der Waals surface area contributed by atoms with Crippen molar-refractivity contribution in [3.8, 4) is 11.8 Å². The number of amides is 3. The fourth-order valence-electron chi connectivity index (χ4n) is 2.73. The van der Waals surface area contributed by atoms with E-state index in [2.05, 4.69) is 36.1 Å². The van der Waals surface area contributed by atoms with Crippen LogP contribution in [0.4, 0.5) is 10.5 Å². The number of benzene rings is 1. The molecule has 1 saturated heterocycles. The third kappa shape index (κ3) is 3.24. The molecule has 1 fully saturated rings. The van der Waals surface area contributed by atoms with E-state index < -0.39 is 11.6 Å². The summed E-state index contributed by atoms with van der Waals surface area (Å²) in [5, 5.41) is 2.62. The average Bonchev–Trinajstić information content (AvgIpc) is 2.76. The van der Waals surface area contributed by atoms with Gasteiger partial charge >= 0.3 is 12.0 Å². The molecule has 0 spiro atoms. The molecule has 2 heterocycles. The lowest BCUT2D eigenvalue weighted by Gasteiger charge is -2.22. The summed E-state index contributed by atoms with van der Waals surface area (Å²) in [6.45, 7) is 9.58. The predicted octanol–water partition coefficient (Wildman–Crippen LogP) is 3.40. The van der Waals surface area contributed by atoms with Crippen LogP contribution in [0.15, 0.2) is 36.7 Å². The Balaban J connectivity index is 1.84. The molecule has 1 N–H and O–H groups in total. The van der Waals surface area contributed by atoms with Crippen molar-refractivity contribution in [1.29, 1.82) is 0 Å². The van der Waals surface area contributed by atoms with Crippen molar-refractivity contribution in [1.82, 2.24) is 15.3 Å². The molecule has 1 aromatic heterocycles. The van der Waals surface area contributed by atoms with Crippen LogP contribution >= 0.6 is 0 Å². The van der Waals surface area contributed by atoms with Crippen LogP contribution in [0.2, 0.25) is 0 Å². The first-order chi connectivity index (χ1) is 12.1. The first-order valence-electron chi connectivity index (χ1n) is 8.36. The number of nitrogens with one attached hydrogen (secondary N) is 1. The average molecular weight is 354 g/mol. The number of aromatic nitrogens is 2. The second-order valence-corrected chi connectivity index (χ2v) is 7.77. The molecule has 1 aliphatic rings. The summed E-state index contributed by atoms with van der Waals surface area (Å²) in [7, 11) is 0. The number of nitrogens with zero attached hydrogens (tertiary/aromatic N) is 3. The molecule has 7 nitrogen and oxygen atoms in total. The lowest BCUT2D eigenvalue weighted by atomic mass is 9.86. The minimum atomic E-state index is -0.947. The highest BCUT2D eigenvalue weighted by atomic mass is 16.5. The van der Waals surface area contributed by atoms with E-state index in [9.17, 15) is 9.59 Å². The molecule has 0 atom stereocenters. The van der Waals surface area contributed by atoms with Crippen LogP contribution in [0.3, 0.4) is 0 Å². The Hall–Kier alpha value is -2.96. The van der Waals surface area contributed by atoms with Gasteiger partial charge in [-0.25, -0.2) is 19.7 Å². The van der Waals surface area contributed by atoms with Crippen LogP contribution in [0, 0.1) is 0 Å². The molecule has 1 aromatic carbocycles. The first-order valence-corrected chi connectivity index (χ1v) is 8.36. The second kappa shape index (κ2) is 6.09. The van der Waals surface area contributed by atoms with Crippen molar-refractivity contribution in [3.05, 3.63) is 42.2 Å².